The summed E-state index contributed by atoms with van der Waals surface area (Å²) in [6.45, 7) is 7.31. The van der Waals surface area contributed by atoms with Crippen LogP contribution in [-0.4, -0.2) is 30.9 Å². The third-order valence-electron chi connectivity index (χ3n) is 3.88. The first-order valence-electron chi connectivity index (χ1n) is 8.93. The molecule has 0 heterocycles. The van der Waals surface area contributed by atoms with Crippen LogP contribution in [0.1, 0.15) is 35.3 Å². The lowest BCUT2D eigenvalue weighted by atomic mass is 10.1. The van der Waals surface area contributed by atoms with E-state index in [-0.39, 0.29) is 17.7 Å². The molecule has 28 heavy (non-hydrogen) atoms. The quantitative estimate of drug-likeness (QED) is 0.640. The molecule has 7 nitrogen and oxygen atoms in total. The molecule has 3 N–H and O–H groups in total. The number of para-hydroxylation sites is 1. The Bertz CT molecular complexity index is 839. The highest BCUT2D eigenvalue weighted by atomic mass is 16.5. The molecular weight excluding hydrogens is 358 g/mol. The smallest absolute Gasteiger partial charge is 0.251 e. The lowest BCUT2D eigenvalue weighted by Crippen LogP contribution is -2.28. The van der Waals surface area contributed by atoms with E-state index in [9.17, 15) is 14.4 Å². The number of benzene rings is 2. The Morgan fingerprint density at radius 1 is 0.893 bits per heavy atom. The molecule has 0 aromatic heterocycles. The second-order valence-corrected chi connectivity index (χ2v) is 6.49. The average molecular weight is 383 g/mol. The van der Waals surface area contributed by atoms with E-state index in [2.05, 4.69) is 16.0 Å². The summed E-state index contributed by atoms with van der Waals surface area (Å²) < 4.78 is 5.78. The minimum Gasteiger partial charge on any atom is -0.491 e. The minimum absolute atomic E-state index is 0.270. The van der Waals surface area contributed by atoms with Gasteiger partial charge in [0, 0.05) is 30.8 Å². The summed E-state index contributed by atoms with van der Waals surface area (Å²) in [4.78, 5) is 35.1. The van der Waals surface area contributed by atoms with Crippen molar-refractivity contribution in [2.45, 2.75) is 27.7 Å². The van der Waals surface area contributed by atoms with E-state index in [4.69, 9.17) is 4.74 Å². The van der Waals surface area contributed by atoms with Crippen molar-refractivity contribution in [2.24, 2.45) is 0 Å². The standard InChI is InChI=1S/C21H25N3O4/c1-13-6-5-7-14(2)20(13)28-9-8-22-21(27)17-10-18(23-15(3)25)12-19(11-17)24-16(4)26/h5-7,10-12H,8-9H2,1-4H3,(H,22,27)(H,23,25)(H,24,26). The van der Waals surface area contributed by atoms with E-state index in [0.717, 1.165) is 16.9 Å². The van der Waals surface area contributed by atoms with Gasteiger partial charge in [0.2, 0.25) is 11.8 Å². The van der Waals surface area contributed by atoms with Crippen LogP contribution >= 0.6 is 0 Å². The molecule has 0 radical (unpaired) electrons. The first kappa shape index (κ1) is 21.0. The first-order valence-corrected chi connectivity index (χ1v) is 8.93. The predicted molar refractivity (Wildman–Crippen MR) is 109 cm³/mol. The molecule has 0 aliphatic heterocycles. The van der Waals surface area contributed by atoms with Crippen LogP contribution < -0.4 is 20.7 Å². The maximum atomic E-state index is 12.5. The molecule has 0 aliphatic carbocycles. The zero-order valence-corrected chi connectivity index (χ0v) is 16.5. The van der Waals surface area contributed by atoms with E-state index in [1.165, 1.54) is 13.8 Å². The van der Waals surface area contributed by atoms with Crippen molar-refractivity contribution in [1.82, 2.24) is 5.32 Å². The third-order valence-corrected chi connectivity index (χ3v) is 3.88. The van der Waals surface area contributed by atoms with Gasteiger partial charge in [-0.05, 0) is 43.2 Å². The number of hydrogen-bond donors (Lipinski definition) is 3. The Hall–Kier alpha value is -3.35. The van der Waals surface area contributed by atoms with Crippen LogP contribution in [-0.2, 0) is 9.59 Å². The van der Waals surface area contributed by atoms with Gasteiger partial charge < -0.3 is 20.7 Å². The number of amides is 3. The van der Waals surface area contributed by atoms with Crippen LogP contribution in [0.15, 0.2) is 36.4 Å². The van der Waals surface area contributed by atoms with Crippen LogP contribution in [0.25, 0.3) is 0 Å². The second-order valence-electron chi connectivity index (χ2n) is 6.49. The van der Waals surface area contributed by atoms with Crippen LogP contribution in [0.3, 0.4) is 0 Å². The summed E-state index contributed by atoms with van der Waals surface area (Å²) >= 11 is 0. The molecule has 0 bridgehead atoms. The van der Waals surface area contributed by atoms with Gasteiger partial charge in [0.05, 0.1) is 6.54 Å². The van der Waals surface area contributed by atoms with E-state index >= 15 is 0 Å². The summed E-state index contributed by atoms with van der Waals surface area (Å²) in [7, 11) is 0. The van der Waals surface area contributed by atoms with Gasteiger partial charge in [0.1, 0.15) is 12.4 Å². The van der Waals surface area contributed by atoms with Crippen LogP contribution in [0, 0.1) is 13.8 Å². The van der Waals surface area contributed by atoms with Crippen molar-refractivity contribution in [3.8, 4) is 5.75 Å². The Kier molecular flexibility index (Phi) is 7.14. The van der Waals surface area contributed by atoms with E-state index in [0.29, 0.717) is 30.1 Å². The lowest BCUT2D eigenvalue weighted by molar-refractivity contribution is -0.115. The molecular formula is C21H25N3O4. The molecule has 0 aliphatic rings. The van der Waals surface area contributed by atoms with Crippen molar-refractivity contribution in [3.05, 3.63) is 53.1 Å². The van der Waals surface area contributed by atoms with Gasteiger partial charge in [-0.15, -0.1) is 0 Å². The van der Waals surface area contributed by atoms with E-state index < -0.39 is 0 Å². The molecule has 3 amide bonds. The van der Waals surface area contributed by atoms with Gasteiger partial charge in [-0.25, -0.2) is 0 Å². The molecule has 2 aromatic carbocycles. The van der Waals surface area contributed by atoms with Gasteiger partial charge in [0.15, 0.2) is 0 Å². The van der Waals surface area contributed by atoms with Crippen LogP contribution in [0.4, 0.5) is 11.4 Å². The van der Waals surface area contributed by atoms with Crippen LogP contribution in [0.2, 0.25) is 0 Å². The van der Waals surface area contributed by atoms with Crippen molar-refractivity contribution >= 4 is 29.1 Å². The highest BCUT2D eigenvalue weighted by molar-refractivity contribution is 5.99. The Morgan fingerprint density at radius 2 is 1.43 bits per heavy atom. The summed E-state index contributed by atoms with van der Waals surface area (Å²) in [5.41, 5.74) is 3.25. The second kappa shape index (κ2) is 9.55. The Balaban J connectivity index is 2.02. The molecule has 148 valence electrons. The molecule has 0 fully saturated rings. The highest BCUT2D eigenvalue weighted by Gasteiger charge is 2.11. The number of nitrogens with one attached hydrogen (secondary N) is 3. The molecule has 2 aromatic rings. The Morgan fingerprint density at radius 3 is 1.93 bits per heavy atom. The fourth-order valence-electron chi connectivity index (χ4n) is 2.76. The van der Waals surface area contributed by atoms with Gasteiger partial charge in [-0.3, -0.25) is 14.4 Å². The molecule has 0 spiro atoms. The average Bonchev–Trinajstić information content (AvgIpc) is 2.59. The summed E-state index contributed by atoms with van der Waals surface area (Å²) in [6.07, 6.45) is 0. The van der Waals surface area contributed by atoms with Gasteiger partial charge in [0.25, 0.3) is 5.91 Å². The number of aryl methyl sites for hydroxylation is 2. The number of rotatable bonds is 7. The van der Waals surface area contributed by atoms with Gasteiger partial charge in [-0.2, -0.15) is 0 Å². The molecule has 0 saturated carbocycles. The molecule has 0 saturated heterocycles. The molecule has 0 unspecified atom stereocenters. The molecule has 0 atom stereocenters. The van der Waals surface area contributed by atoms with Crippen molar-refractivity contribution in [2.75, 3.05) is 23.8 Å². The van der Waals surface area contributed by atoms with Gasteiger partial charge in [-0.1, -0.05) is 18.2 Å². The predicted octanol–water partition coefficient (Wildman–Crippen LogP) is 3.03. The maximum Gasteiger partial charge on any atom is 0.251 e. The molecule has 7 heteroatoms. The topological polar surface area (TPSA) is 96.5 Å². The van der Waals surface area contributed by atoms with E-state index in [1.807, 2.05) is 32.0 Å². The number of anilines is 2. The maximum absolute atomic E-state index is 12.5. The first-order chi connectivity index (χ1) is 13.3. The number of carbonyl (C=O) groups is 3. The third kappa shape index (κ3) is 6.12. The fourth-order valence-corrected chi connectivity index (χ4v) is 2.76. The zero-order chi connectivity index (χ0) is 20.7. The summed E-state index contributed by atoms with van der Waals surface area (Å²) in [6, 6.07) is 10.6. The largest absolute Gasteiger partial charge is 0.491 e. The number of ether oxygens (including phenoxy) is 1. The zero-order valence-electron chi connectivity index (χ0n) is 16.5. The monoisotopic (exact) mass is 383 g/mol. The minimum atomic E-state index is -0.330. The number of carbonyl (C=O) groups excluding carboxylic acids is 3. The lowest BCUT2D eigenvalue weighted by Gasteiger charge is -2.13. The SMILES string of the molecule is CC(=O)Nc1cc(NC(C)=O)cc(C(=O)NCCOc2c(C)cccc2C)c1. The fraction of sp³-hybridized carbons (Fsp3) is 0.286. The Labute approximate surface area is 164 Å². The summed E-state index contributed by atoms with van der Waals surface area (Å²) in [5.74, 6) is -0.0528. The van der Waals surface area contributed by atoms with Crippen molar-refractivity contribution in [1.29, 1.82) is 0 Å². The van der Waals surface area contributed by atoms with E-state index in [1.54, 1.807) is 18.2 Å². The van der Waals surface area contributed by atoms with Crippen LogP contribution in [0.5, 0.6) is 5.75 Å². The summed E-state index contributed by atoms with van der Waals surface area (Å²) in [5, 5.41) is 8.02. The van der Waals surface area contributed by atoms with Crippen molar-refractivity contribution in [3.63, 3.8) is 0 Å². The number of hydrogen-bond acceptors (Lipinski definition) is 4. The highest BCUT2D eigenvalue weighted by Crippen LogP contribution is 2.22. The molecule has 2 rings (SSSR count). The van der Waals surface area contributed by atoms with Gasteiger partial charge >= 0.3 is 0 Å². The van der Waals surface area contributed by atoms with Crippen molar-refractivity contribution < 1.29 is 19.1 Å². The normalized spacial score (nSPS) is 10.1.